The van der Waals surface area contributed by atoms with E-state index in [1.165, 1.54) is 9.13 Å². The fourth-order valence-corrected chi connectivity index (χ4v) is 3.04. The van der Waals surface area contributed by atoms with Gasteiger partial charge in [0.1, 0.15) is 0 Å². The van der Waals surface area contributed by atoms with Crippen LogP contribution in [-0.4, -0.2) is 30.9 Å². The van der Waals surface area contributed by atoms with Crippen LogP contribution in [-0.2, 0) is 20.1 Å². The van der Waals surface area contributed by atoms with Crippen LogP contribution in [0.2, 0.25) is 0 Å². The topological polar surface area (TPSA) is 77.4 Å². The van der Waals surface area contributed by atoms with Crippen LogP contribution < -0.4 is 16.3 Å². The number of imidazole rings is 1. The smallest absolute Gasteiger partial charge is 0.297 e. The average molecular weight is 344 g/mol. The summed E-state index contributed by atoms with van der Waals surface area (Å²) in [5, 5.41) is 6.42. The van der Waals surface area contributed by atoms with Gasteiger partial charge in [0, 0.05) is 20.1 Å². The van der Waals surface area contributed by atoms with Crippen molar-refractivity contribution < 1.29 is 0 Å². The van der Waals surface area contributed by atoms with Crippen LogP contribution in [0.3, 0.4) is 0 Å². The van der Waals surface area contributed by atoms with Gasteiger partial charge in [-0.05, 0) is 19.3 Å². The fraction of sp³-hybridized carbons (Fsp3) is 0.529. The van der Waals surface area contributed by atoms with Crippen molar-refractivity contribution >= 4 is 22.8 Å². The van der Waals surface area contributed by atoms with E-state index in [9.17, 15) is 9.59 Å². The molecule has 0 aromatic carbocycles. The number of aromatic nitrogens is 4. The lowest BCUT2D eigenvalue weighted by Gasteiger charge is -2.25. The van der Waals surface area contributed by atoms with Crippen LogP contribution in [0, 0.1) is 5.92 Å². The van der Waals surface area contributed by atoms with Crippen LogP contribution in [0.4, 0.5) is 5.95 Å². The van der Waals surface area contributed by atoms with Gasteiger partial charge in [-0.1, -0.05) is 19.9 Å². The molecule has 2 aromatic heterocycles. The zero-order chi connectivity index (χ0) is 18.3. The SMILES string of the molecule is C=CCn1c(=O)c2c(nc3n2CC(C)=NN3CCC(C)C)n(C)c1=O. The van der Waals surface area contributed by atoms with Crippen molar-refractivity contribution in [2.24, 2.45) is 18.1 Å². The zero-order valence-corrected chi connectivity index (χ0v) is 15.2. The van der Waals surface area contributed by atoms with Gasteiger partial charge in [0.15, 0.2) is 11.2 Å². The molecule has 0 bridgehead atoms. The van der Waals surface area contributed by atoms with E-state index in [4.69, 9.17) is 0 Å². The van der Waals surface area contributed by atoms with Gasteiger partial charge in [-0.15, -0.1) is 6.58 Å². The van der Waals surface area contributed by atoms with Crippen LogP contribution in [0.5, 0.6) is 0 Å². The minimum Gasteiger partial charge on any atom is -0.297 e. The third kappa shape index (κ3) is 2.81. The summed E-state index contributed by atoms with van der Waals surface area (Å²) in [6, 6.07) is 0. The highest BCUT2D eigenvalue weighted by molar-refractivity contribution is 5.87. The summed E-state index contributed by atoms with van der Waals surface area (Å²) < 4.78 is 4.46. The summed E-state index contributed by atoms with van der Waals surface area (Å²) >= 11 is 0. The maximum absolute atomic E-state index is 12.9. The van der Waals surface area contributed by atoms with Gasteiger partial charge in [0.2, 0.25) is 5.95 Å². The molecule has 1 aliphatic heterocycles. The van der Waals surface area contributed by atoms with Gasteiger partial charge in [-0.2, -0.15) is 10.1 Å². The highest BCUT2D eigenvalue weighted by Crippen LogP contribution is 2.24. The van der Waals surface area contributed by atoms with Crippen molar-refractivity contribution in [3.05, 3.63) is 33.5 Å². The maximum Gasteiger partial charge on any atom is 0.332 e. The van der Waals surface area contributed by atoms with E-state index in [1.807, 2.05) is 16.5 Å². The Kier molecular flexibility index (Phi) is 4.36. The highest BCUT2D eigenvalue weighted by Gasteiger charge is 2.26. The quantitative estimate of drug-likeness (QED) is 0.767. The van der Waals surface area contributed by atoms with Crippen molar-refractivity contribution in [3.8, 4) is 0 Å². The Labute approximate surface area is 145 Å². The third-order valence-electron chi connectivity index (χ3n) is 4.35. The molecule has 8 heteroatoms. The van der Waals surface area contributed by atoms with E-state index >= 15 is 0 Å². The Morgan fingerprint density at radius 1 is 1.32 bits per heavy atom. The molecule has 0 saturated carbocycles. The number of aryl methyl sites for hydroxylation is 1. The van der Waals surface area contributed by atoms with Gasteiger partial charge in [-0.25, -0.2) is 9.80 Å². The van der Waals surface area contributed by atoms with Gasteiger partial charge in [0.05, 0.1) is 12.3 Å². The Hall–Kier alpha value is -2.64. The van der Waals surface area contributed by atoms with Crippen LogP contribution >= 0.6 is 0 Å². The lowest BCUT2D eigenvalue weighted by Crippen LogP contribution is -2.39. The first-order chi connectivity index (χ1) is 11.8. The molecule has 134 valence electrons. The molecule has 25 heavy (non-hydrogen) atoms. The molecule has 8 nitrogen and oxygen atoms in total. The second-order valence-electron chi connectivity index (χ2n) is 6.86. The Morgan fingerprint density at radius 2 is 2.04 bits per heavy atom. The second-order valence-corrected chi connectivity index (χ2v) is 6.86. The van der Waals surface area contributed by atoms with E-state index in [-0.39, 0.29) is 17.8 Å². The number of nitrogens with zero attached hydrogens (tertiary/aromatic N) is 6. The largest absolute Gasteiger partial charge is 0.332 e. The molecule has 3 rings (SSSR count). The van der Waals surface area contributed by atoms with Gasteiger partial charge in [-0.3, -0.25) is 18.5 Å². The summed E-state index contributed by atoms with van der Waals surface area (Å²) in [4.78, 5) is 29.9. The first kappa shape index (κ1) is 17.2. The number of hydrazone groups is 1. The minimum absolute atomic E-state index is 0.173. The first-order valence-electron chi connectivity index (χ1n) is 8.47. The predicted octanol–water partition coefficient (Wildman–Crippen LogP) is 1.32. The molecule has 0 atom stereocenters. The van der Waals surface area contributed by atoms with Gasteiger partial charge < -0.3 is 0 Å². The van der Waals surface area contributed by atoms with E-state index in [1.54, 1.807) is 13.1 Å². The molecule has 0 saturated heterocycles. The molecular weight excluding hydrogens is 320 g/mol. The van der Waals surface area contributed by atoms with E-state index in [2.05, 4.69) is 30.5 Å². The molecule has 0 N–H and O–H groups in total. The van der Waals surface area contributed by atoms with Crippen molar-refractivity contribution in [3.63, 3.8) is 0 Å². The number of anilines is 1. The summed E-state index contributed by atoms with van der Waals surface area (Å²) in [5.74, 6) is 1.15. The number of allylic oxidation sites excluding steroid dienone is 1. The molecule has 3 heterocycles. The summed E-state index contributed by atoms with van der Waals surface area (Å²) in [5.41, 5.74) is 1.00. The van der Waals surface area contributed by atoms with Gasteiger partial charge in [0.25, 0.3) is 5.56 Å². The Balaban J connectivity index is 2.25. The van der Waals surface area contributed by atoms with E-state index in [0.717, 1.165) is 12.1 Å². The van der Waals surface area contributed by atoms with Crippen molar-refractivity contribution in [1.82, 2.24) is 18.7 Å². The number of fused-ring (bicyclic) bond motifs is 3. The standard InChI is InChI=1S/C17H24N6O2/c1-6-8-21-15(24)13-14(20(5)17(21)25)18-16-22(13)10-12(4)19-23(16)9-7-11(2)3/h6,11H,1,7-10H2,2-5H3. The predicted molar refractivity (Wildman–Crippen MR) is 99.3 cm³/mol. The summed E-state index contributed by atoms with van der Waals surface area (Å²) in [7, 11) is 1.63. The summed E-state index contributed by atoms with van der Waals surface area (Å²) in [6.07, 6.45) is 2.50. The summed E-state index contributed by atoms with van der Waals surface area (Å²) in [6.45, 7) is 11.2. The molecule has 0 unspecified atom stereocenters. The number of rotatable bonds is 5. The number of hydrogen-bond donors (Lipinski definition) is 0. The Morgan fingerprint density at radius 3 is 2.68 bits per heavy atom. The molecule has 0 spiro atoms. The normalized spacial score (nSPS) is 14.1. The van der Waals surface area contributed by atoms with Crippen molar-refractivity contribution in [2.45, 2.75) is 40.3 Å². The molecule has 2 aromatic rings. The van der Waals surface area contributed by atoms with Crippen molar-refractivity contribution in [1.29, 1.82) is 0 Å². The lowest BCUT2D eigenvalue weighted by molar-refractivity contribution is 0.565. The lowest BCUT2D eigenvalue weighted by atomic mass is 10.1. The monoisotopic (exact) mass is 344 g/mol. The molecule has 0 amide bonds. The maximum atomic E-state index is 12.9. The molecular formula is C17H24N6O2. The average Bonchev–Trinajstić information content (AvgIpc) is 2.94. The zero-order valence-electron chi connectivity index (χ0n) is 15.2. The van der Waals surface area contributed by atoms with E-state index < -0.39 is 0 Å². The van der Waals surface area contributed by atoms with Crippen LogP contribution in [0.1, 0.15) is 27.2 Å². The molecule has 1 aliphatic rings. The number of hydrogen-bond acceptors (Lipinski definition) is 5. The van der Waals surface area contributed by atoms with Crippen molar-refractivity contribution in [2.75, 3.05) is 11.6 Å². The molecule has 0 fully saturated rings. The minimum atomic E-state index is -0.390. The fourth-order valence-electron chi connectivity index (χ4n) is 3.04. The van der Waals surface area contributed by atoms with Gasteiger partial charge >= 0.3 is 5.69 Å². The second kappa shape index (κ2) is 6.34. The Bertz CT molecular complexity index is 976. The molecule has 0 radical (unpaired) electrons. The first-order valence-corrected chi connectivity index (χ1v) is 8.47. The highest BCUT2D eigenvalue weighted by atomic mass is 16.2. The van der Waals surface area contributed by atoms with E-state index in [0.29, 0.717) is 36.1 Å². The third-order valence-corrected chi connectivity index (χ3v) is 4.35. The molecule has 0 aliphatic carbocycles. The van der Waals surface area contributed by atoms with Crippen LogP contribution in [0.25, 0.3) is 11.2 Å². The van der Waals surface area contributed by atoms with Crippen LogP contribution in [0.15, 0.2) is 27.3 Å².